The predicted octanol–water partition coefficient (Wildman–Crippen LogP) is 1.24. The topological polar surface area (TPSA) is 24.5 Å². The van der Waals surface area contributed by atoms with Crippen LogP contribution in [0.3, 0.4) is 0 Å². The Hall–Kier alpha value is -0.120. The zero-order valence-electron chi connectivity index (χ0n) is 10.1. The van der Waals surface area contributed by atoms with E-state index in [4.69, 9.17) is 4.74 Å². The van der Waals surface area contributed by atoms with Gasteiger partial charge < -0.3 is 10.1 Å². The molecule has 1 aliphatic carbocycles. The van der Waals surface area contributed by atoms with E-state index in [1.54, 1.807) is 0 Å². The van der Waals surface area contributed by atoms with Crippen molar-refractivity contribution in [2.75, 3.05) is 33.3 Å². The van der Waals surface area contributed by atoms with Gasteiger partial charge in [0.25, 0.3) is 0 Å². The summed E-state index contributed by atoms with van der Waals surface area (Å²) in [6.07, 6.45) is 5.16. The van der Waals surface area contributed by atoms with E-state index < -0.39 is 0 Å². The molecule has 88 valence electrons. The molecule has 0 spiro atoms. The highest BCUT2D eigenvalue weighted by Gasteiger charge is 2.39. The van der Waals surface area contributed by atoms with Crippen molar-refractivity contribution in [1.29, 1.82) is 0 Å². The number of likely N-dealkylation sites (N-methyl/N-ethyl adjacent to an activating group) is 1. The Morgan fingerprint density at radius 1 is 1.47 bits per heavy atom. The van der Waals surface area contributed by atoms with Gasteiger partial charge in [0, 0.05) is 26.2 Å². The van der Waals surface area contributed by atoms with Crippen molar-refractivity contribution in [1.82, 2.24) is 10.2 Å². The third-order valence-corrected chi connectivity index (χ3v) is 3.97. The van der Waals surface area contributed by atoms with E-state index in [9.17, 15) is 0 Å². The zero-order valence-corrected chi connectivity index (χ0v) is 10.1. The summed E-state index contributed by atoms with van der Waals surface area (Å²) in [6.45, 7) is 6.87. The van der Waals surface area contributed by atoms with Gasteiger partial charge in [0.1, 0.15) is 0 Å². The Morgan fingerprint density at radius 2 is 2.27 bits per heavy atom. The lowest BCUT2D eigenvalue weighted by atomic mass is 9.79. The average molecular weight is 212 g/mol. The first-order valence-electron chi connectivity index (χ1n) is 6.29. The van der Waals surface area contributed by atoms with Gasteiger partial charge in [-0.25, -0.2) is 0 Å². The summed E-state index contributed by atoms with van der Waals surface area (Å²) in [6, 6.07) is 0.712. The summed E-state index contributed by atoms with van der Waals surface area (Å²) in [5.41, 5.74) is 0.209. The Morgan fingerprint density at radius 3 is 2.80 bits per heavy atom. The molecule has 1 saturated carbocycles. The van der Waals surface area contributed by atoms with Crippen LogP contribution >= 0.6 is 0 Å². The van der Waals surface area contributed by atoms with Crippen LogP contribution in [0.5, 0.6) is 0 Å². The molecule has 2 aliphatic rings. The summed E-state index contributed by atoms with van der Waals surface area (Å²) in [5, 5.41) is 3.53. The molecule has 3 heteroatoms. The number of hydrogen-bond acceptors (Lipinski definition) is 3. The van der Waals surface area contributed by atoms with E-state index in [0.717, 1.165) is 13.1 Å². The molecule has 1 heterocycles. The Bertz CT molecular complexity index is 198. The minimum Gasteiger partial charge on any atom is -0.377 e. The van der Waals surface area contributed by atoms with Crippen LogP contribution in [-0.2, 0) is 4.74 Å². The maximum atomic E-state index is 5.67. The van der Waals surface area contributed by atoms with Gasteiger partial charge >= 0.3 is 0 Å². The normalized spacial score (nSPS) is 30.4. The molecule has 0 aromatic carbocycles. The maximum absolute atomic E-state index is 5.67. The number of methoxy groups -OCH3 is 1. The van der Waals surface area contributed by atoms with Crippen LogP contribution in [0.15, 0.2) is 0 Å². The van der Waals surface area contributed by atoms with E-state index in [1.807, 2.05) is 7.11 Å². The smallest absolute Gasteiger partial charge is 0.0805 e. The van der Waals surface area contributed by atoms with Crippen molar-refractivity contribution in [2.24, 2.45) is 0 Å². The number of ether oxygens (including phenoxy) is 1. The molecule has 15 heavy (non-hydrogen) atoms. The molecule has 3 nitrogen and oxygen atoms in total. The Kier molecular flexibility index (Phi) is 3.65. The molecule has 0 amide bonds. The first kappa shape index (κ1) is 11.4. The summed E-state index contributed by atoms with van der Waals surface area (Å²) >= 11 is 0. The predicted molar refractivity (Wildman–Crippen MR) is 62.1 cm³/mol. The van der Waals surface area contributed by atoms with Gasteiger partial charge in [-0.2, -0.15) is 0 Å². The van der Waals surface area contributed by atoms with Crippen molar-refractivity contribution in [3.8, 4) is 0 Å². The first-order valence-corrected chi connectivity index (χ1v) is 6.29. The summed E-state index contributed by atoms with van der Waals surface area (Å²) < 4.78 is 5.67. The Labute approximate surface area is 93.2 Å². The molecule has 0 aromatic heterocycles. The lowest BCUT2D eigenvalue weighted by Gasteiger charge is -2.43. The standard InChI is InChI=1S/C12H24N2O/c1-3-13-11-5-8-14(9-11)10-12(15-2)6-4-7-12/h11,13H,3-10H2,1-2H3. The van der Waals surface area contributed by atoms with Crippen molar-refractivity contribution in [3.05, 3.63) is 0 Å². The minimum atomic E-state index is 0.209. The third-order valence-electron chi connectivity index (χ3n) is 3.97. The van der Waals surface area contributed by atoms with E-state index >= 15 is 0 Å². The molecule has 0 bridgehead atoms. The lowest BCUT2D eigenvalue weighted by molar-refractivity contribution is -0.0885. The second-order valence-corrected chi connectivity index (χ2v) is 5.02. The number of rotatable bonds is 5. The first-order chi connectivity index (χ1) is 7.28. The third kappa shape index (κ3) is 2.52. The second kappa shape index (κ2) is 4.81. The molecule has 2 rings (SSSR count). The van der Waals surface area contributed by atoms with E-state index in [-0.39, 0.29) is 5.60 Å². The van der Waals surface area contributed by atoms with Gasteiger partial charge in [-0.1, -0.05) is 6.92 Å². The van der Waals surface area contributed by atoms with Gasteiger partial charge in [-0.05, 0) is 38.8 Å². The average Bonchev–Trinajstić information content (AvgIpc) is 2.60. The van der Waals surface area contributed by atoms with Crippen LogP contribution in [0.25, 0.3) is 0 Å². The molecular weight excluding hydrogens is 188 g/mol. The summed E-state index contributed by atoms with van der Waals surface area (Å²) in [7, 11) is 1.87. The fourth-order valence-corrected chi connectivity index (χ4v) is 2.84. The molecule has 0 aromatic rings. The fraction of sp³-hybridized carbons (Fsp3) is 1.00. The highest BCUT2D eigenvalue weighted by molar-refractivity contribution is 4.94. The van der Waals surface area contributed by atoms with Crippen molar-refractivity contribution in [2.45, 2.75) is 44.2 Å². The molecule has 1 saturated heterocycles. The van der Waals surface area contributed by atoms with Crippen LogP contribution in [0.1, 0.15) is 32.6 Å². The largest absolute Gasteiger partial charge is 0.377 e. The van der Waals surface area contributed by atoms with Crippen molar-refractivity contribution >= 4 is 0 Å². The number of nitrogens with zero attached hydrogens (tertiary/aromatic N) is 1. The van der Waals surface area contributed by atoms with Crippen LogP contribution in [-0.4, -0.2) is 49.8 Å². The summed E-state index contributed by atoms with van der Waals surface area (Å²) in [4.78, 5) is 2.57. The van der Waals surface area contributed by atoms with Crippen LogP contribution in [0.2, 0.25) is 0 Å². The van der Waals surface area contributed by atoms with Gasteiger partial charge in [0.05, 0.1) is 5.60 Å². The van der Waals surface area contributed by atoms with Gasteiger partial charge in [0.2, 0.25) is 0 Å². The van der Waals surface area contributed by atoms with Gasteiger partial charge in [-0.3, -0.25) is 4.90 Å². The van der Waals surface area contributed by atoms with Gasteiger partial charge in [-0.15, -0.1) is 0 Å². The van der Waals surface area contributed by atoms with Crippen LogP contribution < -0.4 is 5.32 Å². The van der Waals surface area contributed by atoms with Crippen LogP contribution in [0.4, 0.5) is 0 Å². The van der Waals surface area contributed by atoms with E-state index in [2.05, 4.69) is 17.1 Å². The van der Waals surface area contributed by atoms with E-state index in [1.165, 1.54) is 38.8 Å². The number of hydrogen-bond donors (Lipinski definition) is 1. The molecule has 1 unspecified atom stereocenters. The molecule has 1 N–H and O–H groups in total. The highest BCUT2D eigenvalue weighted by atomic mass is 16.5. The van der Waals surface area contributed by atoms with Crippen molar-refractivity contribution in [3.63, 3.8) is 0 Å². The zero-order chi connectivity index (χ0) is 10.7. The lowest BCUT2D eigenvalue weighted by Crippen LogP contribution is -2.49. The minimum absolute atomic E-state index is 0.209. The van der Waals surface area contributed by atoms with Crippen LogP contribution in [0, 0.1) is 0 Å². The quantitative estimate of drug-likeness (QED) is 0.742. The SMILES string of the molecule is CCNC1CCN(CC2(OC)CCC2)C1. The van der Waals surface area contributed by atoms with Gasteiger partial charge in [0.15, 0.2) is 0 Å². The van der Waals surface area contributed by atoms with Crippen molar-refractivity contribution < 1.29 is 4.74 Å². The fourth-order valence-electron chi connectivity index (χ4n) is 2.84. The molecular formula is C12H24N2O. The molecule has 1 atom stereocenters. The molecule has 2 fully saturated rings. The Balaban J connectivity index is 1.76. The van der Waals surface area contributed by atoms with E-state index in [0.29, 0.717) is 6.04 Å². The summed E-state index contributed by atoms with van der Waals surface area (Å²) in [5.74, 6) is 0. The molecule has 1 aliphatic heterocycles. The second-order valence-electron chi connectivity index (χ2n) is 5.02. The highest BCUT2D eigenvalue weighted by Crippen LogP contribution is 2.36. The monoisotopic (exact) mass is 212 g/mol. The maximum Gasteiger partial charge on any atom is 0.0805 e. The number of nitrogens with one attached hydrogen (secondary N) is 1. The number of likely N-dealkylation sites (tertiary alicyclic amines) is 1. The molecule has 0 radical (unpaired) electrons.